The average molecular weight is 303 g/mol. The van der Waals surface area contributed by atoms with E-state index in [1.165, 1.54) is 19.3 Å². The lowest BCUT2D eigenvalue weighted by Crippen LogP contribution is -2.48. The molecular formula is C17H25N3O2. The molecule has 2 atom stereocenters. The van der Waals surface area contributed by atoms with Crippen molar-refractivity contribution >= 4 is 5.91 Å². The van der Waals surface area contributed by atoms with Crippen LogP contribution in [0, 0.1) is 11.8 Å². The number of hydrogen-bond acceptors (Lipinski definition) is 3. The number of amides is 1. The van der Waals surface area contributed by atoms with Crippen molar-refractivity contribution in [3.8, 4) is 0 Å². The van der Waals surface area contributed by atoms with Gasteiger partial charge in [0.05, 0.1) is 5.92 Å². The molecule has 0 spiro atoms. The highest BCUT2D eigenvalue weighted by molar-refractivity contribution is 5.79. The number of H-pyrrole nitrogens is 1. The molecule has 1 amide bonds. The monoisotopic (exact) mass is 303 g/mol. The molecule has 0 aromatic carbocycles. The summed E-state index contributed by atoms with van der Waals surface area (Å²) in [6, 6.07) is 3.82. The van der Waals surface area contributed by atoms with E-state index in [1.807, 2.05) is 12.1 Å². The summed E-state index contributed by atoms with van der Waals surface area (Å²) in [5.74, 6) is 0.598. The lowest BCUT2D eigenvalue weighted by Gasteiger charge is -2.30. The summed E-state index contributed by atoms with van der Waals surface area (Å²) in [6.45, 7) is 1.75. The number of nitrogens with one attached hydrogen (secondary N) is 3. The molecule has 1 aliphatic carbocycles. The van der Waals surface area contributed by atoms with Crippen LogP contribution in [0.1, 0.15) is 37.7 Å². The highest BCUT2D eigenvalue weighted by Crippen LogP contribution is 2.28. The fourth-order valence-corrected chi connectivity index (χ4v) is 3.19. The van der Waals surface area contributed by atoms with Gasteiger partial charge in [0.15, 0.2) is 0 Å². The second-order valence-corrected chi connectivity index (χ2v) is 6.58. The van der Waals surface area contributed by atoms with Gasteiger partial charge in [0.1, 0.15) is 0 Å². The molecular weight excluding hydrogens is 278 g/mol. The smallest absolute Gasteiger partial charge is 0.251 e. The molecule has 1 aromatic heterocycles. The first-order valence-electron chi connectivity index (χ1n) is 8.41. The van der Waals surface area contributed by atoms with Crippen LogP contribution in [0.4, 0.5) is 0 Å². The van der Waals surface area contributed by atoms with Gasteiger partial charge in [0.25, 0.3) is 5.56 Å². The number of rotatable bonds is 6. The van der Waals surface area contributed by atoms with E-state index in [9.17, 15) is 9.59 Å². The summed E-state index contributed by atoms with van der Waals surface area (Å²) < 4.78 is 0. The third-order valence-electron chi connectivity index (χ3n) is 4.77. The minimum Gasteiger partial charge on any atom is -0.356 e. The van der Waals surface area contributed by atoms with Crippen LogP contribution in [0.2, 0.25) is 0 Å². The van der Waals surface area contributed by atoms with Gasteiger partial charge in [-0.3, -0.25) is 9.59 Å². The van der Waals surface area contributed by atoms with Crippen LogP contribution in [-0.4, -0.2) is 30.0 Å². The van der Waals surface area contributed by atoms with Crippen LogP contribution in [0.15, 0.2) is 23.1 Å². The van der Waals surface area contributed by atoms with Gasteiger partial charge in [-0.1, -0.05) is 12.5 Å². The fourth-order valence-electron chi connectivity index (χ4n) is 3.19. The van der Waals surface area contributed by atoms with Crippen molar-refractivity contribution in [1.82, 2.24) is 15.6 Å². The molecule has 0 radical (unpaired) electrons. The molecule has 5 nitrogen and oxygen atoms in total. The van der Waals surface area contributed by atoms with Crippen molar-refractivity contribution in [2.45, 2.75) is 44.6 Å². The Morgan fingerprint density at radius 1 is 1.32 bits per heavy atom. The minimum atomic E-state index is -0.164. The Hall–Kier alpha value is -1.62. The van der Waals surface area contributed by atoms with E-state index >= 15 is 0 Å². The van der Waals surface area contributed by atoms with Crippen molar-refractivity contribution < 1.29 is 4.79 Å². The maximum atomic E-state index is 12.6. The predicted molar refractivity (Wildman–Crippen MR) is 85.6 cm³/mol. The van der Waals surface area contributed by atoms with Crippen LogP contribution < -0.4 is 16.2 Å². The summed E-state index contributed by atoms with van der Waals surface area (Å²) in [5.41, 5.74) is 0.611. The SMILES string of the molecule is O=C(NCC1CC1)C(Cc1ccc[nH]c1=O)C1CCCCN1. The number of carbonyl (C=O) groups is 1. The molecule has 3 rings (SSSR count). The highest BCUT2D eigenvalue weighted by Gasteiger charge is 2.31. The molecule has 2 heterocycles. The predicted octanol–water partition coefficient (Wildman–Crippen LogP) is 1.20. The molecule has 1 saturated heterocycles. The normalized spacial score (nSPS) is 23.0. The third kappa shape index (κ3) is 3.97. The summed E-state index contributed by atoms with van der Waals surface area (Å²) in [6.07, 6.45) is 7.91. The van der Waals surface area contributed by atoms with Crippen molar-refractivity contribution in [2.24, 2.45) is 11.8 Å². The van der Waals surface area contributed by atoms with Crippen molar-refractivity contribution in [1.29, 1.82) is 0 Å². The fraction of sp³-hybridized carbons (Fsp3) is 0.647. The number of hydrogen-bond donors (Lipinski definition) is 3. The quantitative estimate of drug-likeness (QED) is 0.739. The Kier molecular flexibility index (Phi) is 4.93. The van der Waals surface area contributed by atoms with E-state index in [1.54, 1.807) is 6.20 Å². The van der Waals surface area contributed by atoms with E-state index in [0.29, 0.717) is 17.9 Å². The third-order valence-corrected chi connectivity index (χ3v) is 4.77. The summed E-state index contributed by atoms with van der Waals surface area (Å²) >= 11 is 0. The first-order chi connectivity index (χ1) is 10.7. The van der Waals surface area contributed by atoms with Gasteiger partial charge in [-0.05, 0) is 50.6 Å². The number of piperidine rings is 1. The maximum Gasteiger partial charge on any atom is 0.251 e. The Labute approximate surface area is 130 Å². The van der Waals surface area contributed by atoms with Gasteiger partial charge in [-0.15, -0.1) is 0 Å². The molecule has 1 saturated carbocycles. The molecule has 1 aliphatic heterocycles. The molecule has 2 fully saturated rings. The van der Waals surface area contributed by atoms with Gasteiger partial charge < -0.3 is 15.6 Å². The first-order valence-corrected chi connectivity index (χ1v) is 8.41. The summed E-state index contributed by atoms with van der Waals surface area (Å²) in [4.78, 5) is 27.3. The molecule has 0 bridgehead atoms. The molecule has 5 heteroatoms. The largest absolute Gasteiger partial charge is 0.356 e. The second-order valence-electron chi connectivity index (χ2n) is 6.58. The zero-order valence-corrected chi connectivity index (χ0v) is 12.9. The van der Waals surface area contributed by atoms with Crippen molar-refractivity contribution in [3.05, 3.63) is 34.2 Å². The Morgan fingerprint density at radius 3 is 2.86 bits per heavy atom. The van der Waals surface area contributed by atoms with Crippen LogP contribution >= 0.6 is 0 Å². The number of aromatic nitrogens is 1. The topological polar surface area (TPSA) is 74.0 Å². The zero-order valence-electron chi connectivity index (χ0n) is 12.9. The van der Waals surface area contributed by atoms with Gasteiger partial charge in [0.2, 0.25) is 5.91 Å². The molecule has 3 N–H and O–H groups in total. The average Bonchev–Trinajstić information content (AvgIpc) is 3.37. The Morgan fingerprint density at radius 2 is 2.18 bits per heavy atom. The van der Waals surface area contributed by atoms with E-state index in [4.69, 9.17) is 0 Å². The molecule has 22 heavy (non-hydrogen) atoms. The lowest BCUT2D eigenvalue weighted by atomic mass is 9.86. The van der Waals surface area contributed by atoms with Crippen LogP contribution in [0.5, 0.6) is 0 Å². The van der Waals surface area contributed by atoms with Gasteiger partial charge in [-0.25, -0.2) is 0 Å². The van der Waals surface area contributed by atoms with Crippen LogP contribution in [-0.2, 0) is 11.2 Å². The summed E-state index contributed by atoms with van der Waals surface area (Å²) in [7, 11) is 0. The van der Waals surface area contributed by atoms with Crippen molar-refractivity contribution in [2.75, 3.05) is 13.1 Å². The second kappa shape index (κ2) is 7.09. The first kappa shape index (κ1) is 15.3. The van der Waals surface area contributed by atoms with Gasteiger partial charge in [-0.2, -0.15) is 0 Å². The van der Waals surface area contributed by atoms with E-state index in [-0.39, 0.29) is 23.4 Å². The molecule has 2 aliphatic rings. The number of pyridine rings is 1. The van der Waals surface area contributed by atoms with Crippen LogP contribution in [0.3, 0.4) is 0 Å². The van der Waals surface area contributed by atoms with E-state index in [2.05, 4.69) is 15.6 Å². The Balaban J connectivity index is 1.70. The molecule has 2 unspecified atom stereocenters. The van der Waals surface area contributed by atoms with Gasteiger partial charge in [0, 0.05) is 24.3 Å². The lowest BCUT2D eigenvalue weighted by molar-refractivity contribution is -0.126. The number of aromatic amines is 1. The molecule has 120 valence electrons. The maximum absolute atomic E-state index is 12.6. The molecule has 1 aromatic rings. The number of carbonyl (C=O) groups excluding carboxylic acids is 1. The minimum absolute atomic E-state index is 0.0849. The van der Waals surface area contributed by atoms with Crippen molar-refractivity contribution in [3.63, 3.8) is 0 Å². The van der Waals surface area contributed by atoms with Crippen LogP contribution in [0.25, 0.3) is 0 Å². The Bertz CT molecular complexity index is 559. The summed E-state index contributed by atoms with van der Waals surface area (Å²) in [5, 5.41) is 6.56. The zero-order chi connectivity index (χ0) is 15.4. The standard InChI is InChI=1S/C17H25N3O2/c21-16-13(4-3-9-19-16)10-14(15-5-1-2-8-18-15)17(22)20-11-12-6-7-12/h3-4,9,12,14-15,18H,1-2,5-8,10-11H2,(H,19,21)(H,20,22). The van der Waals surface area contributed by atoms with E-state index in [0.717, 1.165) is 25.9 Å². The van der Waals surface area contributed by atoms with E-state index < -0.39 is 0 Å². The highest BCUT2D eigenvalue weighted by atomic mass is 16.2. The van der Waals surface area contributed by atoms with Gasteiger partial charge >= 0.3 is 0 Å².